The zero-order valence-corrected chi connectivity index (χ0v) is 16.7. The van der Waals surface area contributed by atoms with Crippen LogP contribution in [0.2, 0.25) is 10.0 Å². The van der Waals surface area contributed by atoms with Gasteiger partial charge < -0.3 is 10.1 Å². The lowest BCUT2D eigenvalue weighted by atomic mass is 9.96. The Morgan fingerprint density at radius 3 is 2.84 bits per heavy atom. The number of nitrogens with zero attached hydrogens (tertiary/aromatic N) is 3. The summed E-state index contributed by atoms with van der Waals surface area (Å²) in [6, 6.07) is 4.41. The Kier molecular flexibility index (Phi) is 5.73. The second kappa shape index (κ2) is 7.82. The first-order chi connectivity index (χ1) is 12.0. The molecule has 0 bridgehead atoms. The van der Waals surface area contributed by atoms with Gasteiger partial charge in [-0.25, -0.2) is 4.79 Å². The van der Waals surface area contributed by atoms with Crippen LogP contribution < -0.4 is 5.32 Å². The van der Waals surface area contributed by atoms with E-state index in [1.54, 1.807) is 23.7 Å². The highest BCUT2D eigenvalue weighted by molar-refractivity contribution is 9.09. The standard InChI is InChI=1S/C15H11BrCl2N4O2S/c1-24-15(23)11-10(5-16)20-13(14-22-19-6-25-14)21-12(11)8-3-2-7(17)4-9(8)18/h2-4,6,12H,5H2,1H3,(H,20,21). The Bertz CT molecular complexity index is 870. The number of hydrogen-bond donors (Lipinski definition) is 1. The first kappa shape index (κ1) is 18.3. The fourth-order valence-electron chi connectivity index (χ4n) is 2.38. The molecule has 2 heterocycles. The van der Waals surface area contributed by atoms with Gasteiger partial charge in [-0.1, -0.05) is 56.5 Å². The Balaban J connectivity index is 2.17. The van der Waals surface area contributed by atoms with Crippen molar-refractivity contribution in [2.24, 2.45) is 4.99 Å². The maximum atomic E-state index is 12.4. The number of alkyl halides is 1. The second-order valence-electron chi connectivity index (χ2n) is 4.93. The van der Waals surface area contributed by atoms with Crippen LogP contribution in [0.4, 0.5) is 0 Å². The molecule has 1 atom stereocenters. The lowest BCUT2D eigenvalue weighted by Gasteiger charge is -2.26. The van der Waals surface area contributed by atoms with Gasteiger partial charge in [-0.05, 0) is 12.1 Å². The first-order valence-corrected chi connectivity index (χ1v) is 9.74. The normalized spacial score (nSPS) is 17.1. The molecule has 1 aromatic carbocycles. The zero-order valence-electron chi connectivity index (χ0n) is 12.8. The molecule has 25 heavy (non-hydrogen) atoms. The summed E-state index contributed by atoms with van der Waals surface area (Å²) >= 11 is 17.1. The average Bonchev–Trinajstić information content (AvgIpc) is 3.14. The molecule has 3 rings (SSSR count). The molecular weight excluding hydrogens is 451 g/mol. The molecular formula is C15H11BrCl2N4O2S. The van der Waals surface area contributed by atoms with Crippen molar-refractivity contribution >= 4 is 62.3 Å². The van der Waals surface area contributed by atoms with Crippen molar-refractivity contribution in [2.45, 2.75) is 6.04 Å². The lowest BCUT2D eigenvalue weighted by Crippen LogP contribution is -2.34. The number of rotatable bonds is 4. The number of allylic oxidation sites excluding steroid dienone is 1. The van der Waals surface area contributed by atoms with E-state index in [4.69, 9.17) is 27.9 Å². The number of aliphatic imine (C=N–C) groups is 1. The van der Waals surface area contributed by atoms with E-state index in [1.807, 2.05) is 0 Å². The van der Waals surface area contributed by atoms with Crippen LogP contribution in [-0.2, 0) is 9.53 Å². The number of amidine groups is 1. The van der Waals surface area contributed by atoms with Gasteiger partial charge in [0.05, 0.1) is 12.7 Å². The highest BCUT2D eigenvalue weighted by Crippen LogP contribution is 2.37. The van der Waals surface area contributed by atoms with Crippen LogP contribution in [0.3, 0.4) is 0 Å². The predicted octanol–water partition coefficient (Wildman–Crippen LogP) is 3.76. The minimum atomic E-state index is -0.648. The molecule has 1 aliphatic heterocycles. The Labute approximate surface area is 166 Å². The number of esters is 1. The van der Waals surface area contributed by atoms with Gasteiger partial charge in [-0.15, -0.1) is 10.2 Å². The van der Waals surface area contributed by atoms with Crippen molar-refractivity contribution < 1.29 is 9.53 Å². The van der Waals surface area contributed by atoms with Crippen molar-refractivity contribution in [3.63, 3.8) is 0 Å². The van der Waals surface area contributed by atoms with E-state index < -0.39 is 12.0 Å². The number of halogens is 3. The summed E-state index contributed by atoms with van der Waals surface area (Å²) in [5.74, 6) is 0.0265. The number of benzene rings is 1. The maximum absolute atomic E-state index is 12.4. The minimum Gasteiger partial charge on any atom is -0.466 e. The number of carbonyl (C=O) groups is 1. The fraction of sp³-hybridized carbons (Fsp3) is 0.200. The van der Waals surface area contributed by atoms with E-state index in [0.717, 1.165) is 0 Å². The van der Waals surface area contributed by atoms with Crippen LogP contribution in [-0.4, -0.2) is 34.4 Å². The van der Waals surface area contributed by atoms with Crippen LogP contribution in [0.25, 0.3) is 0 Å². The van der Waals surface area contributed by atoms with Crippen molar-refractivity contribution in [3.8, 4) is 0 Å². The van der Waals surface area contributed by atoms with Crippen molar-refractivity contribution in [3.05, 3.63) is 55.6 Å². The van der Waals surface area contributed by atoms with Crippen LogP contribution in [0.15, 0.2) is 40.0 Å². The van der Waals surface area contributed by atoms with E-state index in [9.17, 15) is 4.79 Å². The van der Waals surface area contributed by atoms with Crippen molar-refractivity contribution in [1.82, 2.24) is 15.5 Å². The molecule has 0 aliphatic carbocycles. The van der Waals surface area contributed by atoms with Crippen molar-refractivity contribution in [1.29, 1.82) is 0 Å². The largest absolute Gasteiger partial charge is 0.466 e. The topological polar surface area (TPSA) is 76.5 Å². The van der Waals surface area contributed by atoms with Gasteiger partial charge in [0.2, 0.25) is 0 Å². The molecule has 10 heteroatoms. The fourth-order valence-corrected chi connectivity index (χ4v) is 3.84. The molecule has 0 radical (unpaired) electrons. The van der Waals surface area contributed by atoms with Gasteiger partial charge in [-0.3, -0.25) is 4.99 Å². The molecule has 1 aromatic heterocycles. The molecule has 1 unspecified atom stereocenters. The summed E-state index contributed by atoms with van der Waals surface area (Å²) in [5, 5.41) is 12.9. The molecule has 0 saturated heterocycles. The third kappa shape index (κ3) is 3.72. The minimum absolute atomic E-state index is 0.372. The monoisotopic (exact) mass is 460 g/mol. The van der Waals surface area contributed by atoms with Crippen LogP contribution >= 0.6 is 50.5 Å². The smallest absolute Gasteiger partial charge is 0.338 e. The van der Waals surface area contributed by atoms with Crippen LogP contribution in [0, 0.1) is 0 Å². The van der Waals surface area contributed by atoms with Gasteiger partial charge >= 0.3 is 5.97 Å². The van der Waals surface area contributed by atoms with E-state index in [0.29, 0.717) is 43.1 Å². The lowest BCUT2D eigenvalue weighted by molar-refractivity contribution is -0.136. The zero-order chi connectivity index (χ0) is 18.0. The summed E-state index contributed by atoms with van der Waals surface area (Å²) in [5.41, 5.74) is 3.25. The van der Waals surface area contributed by atoms with E-state index in [2.05, 4.69) is 36.4 Å². The van der Waals surface area contributed by atoms with Gasteiger partial charge in [0.15, 0.2) is 10.8 Å². The van der Waals surface area contributed by atoms with E-state index in [1.165, 1.54) is 18.4 Å². The maximum Gasteiger partial charge on any atom is 0.338 e. The highest BCUT2D eigenvalue weighted by Gasteiger charge is 2.33. The van der Waals surface area contributed by atoms with Crippen LogP contribution in [0.5, 0.6) is 0 Å². The number of carbonyl (C=O) groups excluding carboxylic acids is 1. The summed E-state index contributed by atoms with van der Waals surface area (Å²) < 4.78 is 4.94. The van der Waals surface area contributed by atoms with Crippen LogP contribution in [0.1, 0.15) is 16.6 Å². The third-order valence-electron chi connectivity index (χ3n) is 3.48. The Morgan fingerprint density at radius 2 is 2.24 bits per heavy atom. The summed E-state index contributed by atoms with van der Waals surface area (Å²) in [6.07, 6.45) is 0. The molecule has 1 aliphatic rings. The van der Waals surface area contributed by atoms with E-state index >= 15 is 0 Å². The number of methoxy groups -OCH3 is 1. The van der Waals surface area contributed by atoms with Gasteiger partial charge in [-0.2, -0.15) is 0 Å². The third-order valence-corrected chi connectivity index (χ3v) is 5.31. The SMILES string of the molecule is COC(=O)C1=C(CBr)NC(c2nncs2)=NC1c1ccc(Cl)cc1Cl. The molecule has 0 amide bonds. The Morgan fingerprint density at radius 1 is 1.44 bits per heavy atom. The molecule has 0 fully saturated rings. The summed E-state index contributed by atoms with van der Waals surface area (Å²) in [6.45, 7) is 0. The van der Waals surface area contributed by atoms with Gasteiger partial charge in [0.25, 0.3) is 0 Å². The molecule has 0 spiro atoms. The number of ether oxygens (including phenoxy) is 1. The molecule has 2 aromatic rings. The quantitative estimate of drug-likeness (QED) is 0.554. The molecule has 6 nitrogen and oxygen atoms in total. The van der Waals surface area contributed by atoms with E-state index in [-0.39, 0.29) is 0 Å². The number of nitrogens with one attached hydrogen (secondary N) is 1. The second-order valence-corrected chi connectivity index (χ2v) is 7.17. The summed E-state index contributed by atoms with van der Waals surface area (Å²) in [7, 11) is 1.33. The Hall–Kier alpha value is -1.48. The number of hydrogen-bond acceptors (Lipinski definition) is 7. The van der Waals surface area contributed by atoms with Gasteiger partial charge in [0.1, 0.15) is 11.6 Å². The van der Waals surface area contributed by atoms with Crippen molar-refractivity contribution in [2.75, 3.05) is 12.4 Å². The average molecular weight is 462 g/mol. The molecule has 1 N–H and O–H groups in total. The molecule has 130 valence electrons. The predicted molar refractivity (Wildman–Crippen MR) is 102 cm³/mol. The molecule has 0 saturated carbocycles. The number of aromatic nitrogens is 2. The highest BCUT2D eigenvalue weighted by atomic mass is 79.9. The van der Waals surface area contributed by atoms with Gasteiger partial charge in [0, 0.05) is 26.6 Å². The first-order valence-electron chi connectivity index (χ1n) is 6.98. The summed E-state index contributed by atoms with van der Waals surface area (Å²) in [4.78, 5) is 17.0.